The van der Waals surface area contributed by atoms with Crippen molar-refractivity contribution in [1.29, 1.82) is 0 Å². The van der Waals surface area contributed by atoms with E-state index in [-0.39, 0.29) is 12.5 Å². The molecule has 6 aromatic rings. The van der Waals surface area contributed by atoms with E-state index in [9.17, 15) is 0 Å². The maximum atomic E-state index is 6.50. The Balaban J connectivity index is 1.30. The lowest BCUT2D eigenvalue weighted by Crippen LogP contribution is -2.16. The Morgan fingerprint density at radius 2 is 1.70 bits per heavy atom. The fourth-order valence-corrected chi connectivity index (χ4v) is 5.39. The highest BCUT2D eigenvalue weighted by Gasteiger charge is 2.38. The van der Waals surface area contributed by atoms with Crippen molar-refractivity contribution in [2.75, 3.05) is 7.11 Å². The van der Waals surface area contributed by atoms with E-state index in [1.54, 1.807) is 18.0 Å². The monoisotopic (exact) mass is 571 g/mol. The first-order valence-electron chi connectivity index (χ1n) is 13.9. The number of fused-ring (bicyclic) bond motifs is 4. The van der Waals surface area contributed by atoms with Gasteiger partial charge in [0.25, 0.3) is 0 Å². The fourth-order valence-electron chi connectivity index (χ4n) is 5.39. The Labute approximate surface area is 248 Å². The second-order valence-corrected chi connectivity index (χ2v) is 10.4. The van der Waals surface area contributed by atoms with E-state index in [1.165, 1.54) is 5.56 Å². The minimum Gasteiger partial charge on any atom is -0.497 e. The Hall–Kier alpha value is -5.51. The van der Waals surface area contributed by atoms with E-state index in [1.807, 2.05) is 97.4 Å². The molecule has 43 heavy (non-hydrogen) atoms. The van der Waals surface area contributed by atoms with Crippen LogP contribution in [0, 0.1) is 13.8 Å². The average molecular weight is 572 g/mol. The van der Waals surface area contributed by atoms with Gasteiger partial charge in [-0.15, -0.1) is 5.10 Å². The van der Waals surface area contributed by atoms with Gasteiger partial charge in [-0.25, -0.2) is 19.2 Å². The van der Waals surface area contributed by atoms with Crippen LogP contribution in [0.1, 0.15) is 52.2 Å². The molecule has 0 bridgehead atoms. The van der Waals surface area contributed by atoms with Crippen LogP contribution in [0.15, 0.2) is 90.3 Å². The molecule has 4 heterocycles. The second kappa shape index (κ2) is 10.7. The number of methoxy groups -OCH3 is 1. The number of ether oxygens (including phenoxy) is 2. The van der Waals surface area contributed by atoms with Crippen LogP contribution >= 0.6 is 0 Å². The number of rotatable bonds is 7. The summed E-state index contributed by atoms with van der Waals surface area (Å²) in [6, 6.07) is 26.1. The van der Waals surface area contributed by atoms with Crippen LogP contribution in [0.25, 0.3) is 11.3 Å². The summed E-state index contributed by atoms with van der Waals surface area (Å²) >= 11 is 0. The smallest absolute Gasteiger partial charge is 0.230 e. The minimum atomic E-state index is -0.266. The third-order valence-corrected chi connectivity index (χ3v) is 7.58. The van der Waals surface area contributed by atoms with Gasteiger partial charge in [0.1, 0.15) is 12.1 Å². The third kappa shape index (κ3) is 4.76. The lowest BCUT2D eigenvalue weighted by Gasteiger charge is -2.26. The number of oxime groups is 1. The SMILES string of the molecule is COc1ccc(C2c3c(C)nn(-c4ccccc4)c3Oc3ncn4nc(CO/N=C(\C)c5ccc(C)cc5)nc4c32)cc1. The molecule has 1 aliphatic rings. The molecule has 1 aliphatic heterocycles. The van der Waals surface area contributed by atoms with Crippen LogP contribution in [0.5, 0.6) is 17.5 Å². The van der Waals surface area contributed by atoms with E-state index in [0.29, 0.717) is 23.2 Å². The maximum absolute atomic E-state index is 6.50. The van der Waals surface area contributed by atoms with Gasteiger partial charge in [0.05, 0.1) is 41.2 Å². The van der Waals surface area contributed by atoms with Gasteiger partial charge in [0.15, 0.2) is 18.1 Å². The first kappa shape index (κ1) is 26.4. The topological polar surface area (TPSA) is 101 Å². The van der Waals surface area contributed by atoms with E-state index in [4.69, 9.17) is 24.4 Å². The first-order chi connectivity index (χ1) is 21.0. The molecule has 3 aromatic heterocycles. The largest absolute Gasteiger partial charge is 0.497 e. The molecular formula is C33H29N7O3. The maximum Gasteiger partial charge on any atom is 0.230 e. The van der Waals surface area contributed by atoms with Crippen molar-refractivity contribution in [3.8, 4) is 23.2 Å². The highest BCUT2D eigenvalue weighted by Crippen LogP contribution is 2.49. The van der Waals surface area contributed by atoms with Crippen molar-refractivity contribution in [2.45, 2.75) is 33.3 Å². The third-order valence-electron chi connectivity index (χ3n) is 7.58. The first-order valence-corrected chi connectivity index (χ1v) is 13.9. The molecule has 1 unspecified atom stereocenters. The van der Waals surface area contributed by atoms with Crippen molar-refractivity contribution < 1.29 is 14.3 Å². The van der Waals surface area contributed by atoms with Crippen molar-refractivity contribution >= 4 is 11.4 Å². The van der Waals surface area contributed by atoms with Crippen LogP contribution in [0.3, 0.4) is 0 Å². The van der Waals surface area contributed by atoms with E-state index >= 15 is 0 Å². The second-order valence-electron chi connectivity index (χ2n) is 10.4. The van der Waals surface area contributed by atoms with E-state index < -0.39 is 0 Å². The summed E-state index contributed by atoms with van der Waals surface area (Å²) in [5, 5.41) is 13.8. The molecule has 10 nitrogen and oxygen atoms in total. The average Bonchev–Trinajstić information content (AvgIpc) is 3.61. The van der Waals surface area contributed by atoms with Crippen LogP contribution in [-0.2, 0) is 11.4 Å². The predicted octanol–water partition coefficient (Wildman–Crippen LogP) is 6.16. The Morgan fingerprint density at radius 3 is 2.44 bits per heavy atom. The molecule has 0 spiro atoms. The fraction of sp³-hybridized carbons (Fsp3) is 0.182. The van der Waals surface area contributed by atoms with Crippen molar-refractivity contribution in [2.24, 2.45) is 5.16 Å². The molecule has 0 saturated heterocycles. The molecule has 214 valence electrons. The normalized spacial score (nSPS) is 14.2. The molecule has 7 rings (SSSR count). The van der Waals surface area contributed by atoms with Crippen LogP contribution < -0.4 is 9.47 Å². The zero-order chi connectivity index (χ0) is 29.5. The molecule has 0 amide bonds. The summed E-state index contributed by atoms with van der Waals surface area (Å²) in [4.78, 5) is 15.2. The van der Waals surface area contributed by atoms with Gasteiger partial charge in [-0.3, -0.25) is 0 Å². The number of aromatic nitrogens is 6. The number of para-hydroxylation sites is 1. The van der Waals surface area contributed by atoms with Crippen LogP contribution in [0.4, 0.5) is 0 Å². The van der Waals surface area contributed by atoms with Gasteiger partial charge in [-0.2, -0.15) is 5.10 Å². The molecule has 0 N–H and O–H groups in total. The van der Waals surface area contributed by atoms with Crippen LogP contribution in [0.2, 0.25) is 0 Å². The highest BCUT2D eigenvalue weighted by molar-refractivity contribution is 5.98. The molecule has 3 aromatic carbocycles. The number of benzene rings is 3. The lowest BCUT2D eigenvalue weighted by molar-refractivity contribution is 0.125. The number of nitrogens with zero attached hydrogens (tertiary/aromatic N) is 7. The molecular weight excluding hydrogens is 542 g/mol. The summed E-state index contributed by atoms with van der Waals surface area (Å²) in [5.74, 6) is 2.06. The van der Waals surface area contributed by atoms with Crippen LogP contribution in [-0.4, -0.2) is 42.2 Å². The van der Waals surface area contributed by atoms with Gasteiger partial charge in [0, 0.05) is 0 Å². The van der Waals surface area contributed by atoms with Gasteiger partial charge in [0.2, 0.25) is 11.8 Å². The van der Waals surface area contributed by atoms with Crippen molar-refractivity contribution in [3.63, 3.8) is 0 Å². The molecule has 0 aliphatic carbocycles. The predicted molar refractivity (Wildman–Crippen MR) is 161 cm³/mol. The number of aryl methyl sites for hydroxylation is 2. The summed E-state index contributed by atoms with van der Waals surface area (Å²) in [5.41, 5.74) is 8.09. The zero-order valence-corrected chi connectivity index (χ0v) is 24.2. The minimum absolute atomic E-state index is 0.101. The summed E-state index contributed by atoms with van der Waals surface area (Å²) < 4.78 is 15.4. The molecule has 10 heteroatoms. The van der Waals surface area contributed by atoms with E-state index in [0.717, 1.165) is 45.1 Å². The van der Waals surface area contributed by atoms with Crippen molar-refractivity contribution in [3.05, 3.63) is 125 Å². The Morgan fingerprint density at radius 1 is 0.930 bits per heavy atom. The van der Waals surface area contributed by atoms with Crippen molar-refractivity contribution in [1.82, 2.24) is 29.4 Å². The zero-order valence-electron chi connectivity index (χ0n) is 24.2. The Bertz CT molecular complexity index is 1960. The van der Waals surface area contributed by atoms with E-state index in [2.05, 4.69) is 22.2 Å². The van der Waals surface area contributed by atoms with Gasteiger partial charge < -0.3 is 14.3 Å². The van der Waals surface area contributed by atoms with Gasteiger partial charge >= 0.3 is 0 Å². The molecule has 0 saturated carbocycles. The number of hydrogen-bond acceptors (Lipinski definition) is 8. The lowest BCUT2D eigenvalue weighted by atomic mass is 9.84. The van der Waals surface area contributed by atoms with Gasteiger partial charge in [-0.1, -0.05) is 65.3 Å². The highest BCUT2D eigenvalue weighted by atomic mass is 16.6. The summed E-state index contributed by atoms with van der Waals surface area (Å²) in [6.07, 6.45) is 1.61. The molecule has 0 radical (unpaired) electrons. The molecule has 1 atom stereocenters. The number of hydrogen-bond donors (Lipinski definition) is 0. The molecule has 0 fully saturated rings. The van der Waals surface area contributed by atoms with Gasteiger partial charge in [-0.05, 0) is 56.2 Å². The standard InChI is InChI=1S/C33H29N7O3/c1-20-10-12-23(13-11-20)21(2)38-42-18-27-35-31-30-29(24-14-16-26(41-4)17-15-24)28-22(3)36-40(25-8-6-5-7-9-25)33(28)43-32(30)34-19-39(31)37-27/h5-17,19,29H,18H2,1-4H3/b38-21+. The summed E-state index contributed by atoms with van der Waals surface area (Å²) in [6.45, 7) is 6.06. The quantitative estimate of drug-likeness (QED) is 0.167. The summed E-state index contributed by atoms with van der Waals surface area (Å²) in [7, 11) is 1.66. The Kier molecular flexibility index (Phi) is 6.58.